The Bertz CT molecular complexity index is 597. The smallest absolute Gasteiger partial charge is 0.0934 e. The van der Waals surface area contributed by atoms with Gasteiger partial charge in [0.1, 0.15) is 0 Å². The van der Waals surface area contributed by atoms with Gasteiger partial charge in [0.05, 0.1) is 11.2 Å². The van der Waals surface area contributed by atoms with Crippen molar-refractivity contribution in [1.82, 2.24) is 4.98 Å². The molecule has 2 aromatic rings. The van der Waals surface area contributed by atoms with Gasteiger partial charge in [-0.15, -0.1) is 0 Å². The normalized spacial score (nSPS) is 22.9. The minimum atomic E-state index is 0.553. The minimum absolute atomic E-state index is 0.553. The van der Waals surface area contributed by atoms with E-state index in [4.69, 9.17) is 11.6 Å². The lowest BCUT2D eigenvalue weighted by atomic mass is 9.83. The third-order valence-corrected chi connectivity index (χ3v) is 4.66. The summed E-state index contributed by atoms with van der Waals surface area (Å²) in [5.41, 5.74) is 2.11. The molecule has 3 rings (SSSR count). The molecule has 1 N–H and O–H groups in total. The average Bonchev–Trinajstić information content (AvgIpc) is 2.47. The van der Waals surface area contributed by atoms with E-state index in [9.17, 15) is 0 Å². The summed E-state index contributed by atoms with van der Waals surface area (Å²) in [4.78, 5) is 4.52. The number of nitrogens with zero attached hydrogens (tertiary/aromatic N) is 1. The van der Waals surface area contributed by atoms with Gasteiger partial charge < -0.3 is 5.32 Å². The fraction of sp³-hybridized carbons (Fsp3) is 0.471. The maximum Gasteiger partial charge on any atom is 0.0934 e. The summed E-state index contributed by atoms with van der Waals surface area (Å²) in [6, 6.07) is 8.57. The highest BCUT2D eigenvalue weighted by Gasteiger charge is 2.24. The molecule has 20 heavy (non-hydrogen) atoms. The Hall–Kier alpha value is -1.28. The van der Waals surface area contributed by atoms with Crippen molar-refractivity contribution in [3.05, 3.63) is 35.5 Å². The largest absolute Gasteiger partial charge is 0.380 e. The molecule has 0 aliphatic heterocycles. The van der Waals surface area contributed by atoms with E-state index in [2.05, 4.69) is 23.3 Å². The molecular formula is C17H21ClN2. The fourth-order valence-electron chi connectivity index (χ4n) is 3.35. The maximum atomic E-state index is 6.24. The van der Waals surface area contributed by atoms with Gasteiger partial charge in [-0.1, -0.05) is 43.9 Å². The predicted molar refractivity (Wildman–Crippen MR) is 86.4 cm³/mol. The van der Waals surface area contributed by atoms with Crippen molar-refractivity contribution >= 4 is 28.2 Å². The Labute approximate surface area is 125 Å². The molecule has 1 aromatic carbocycles. The molecule has 1 aliphatic rings. The Morgan fingerprint density at radius 2 is 2.15 bits per heavy atom. The zero-order valence-electron chi connectivity index (χ0n) is 11.9. The van der Waals surface area contributed by atoms with Gasteiger partial charge in [-0.2, -0.15) is 0 Å². The molecule has 1 aromatic heterocycles. The number of fused-ring (bicyclic) bond motifs is 1. The van der Waals surface area contributed by atoms with Crippen LogP contribution < -0.4 is 5.32 Å². The molecule has 0 radical (unpaired) electrons. The van der Waals surface area contributed by atoms with Crippen molar-refractivity contribution in [2.24, 2.45) is 5.92 Å². The van der Waals surface area contributed by atoms with Crippen LogP contribution in [0.5, 0.6) is 0 Å². The second-order valence-corrected chi connectivity index (χ2v) is 6.17. The van der Waals surface area contributed by atoms with Gasteiger partial charge >= 0.3 is 0 Å². The molecule has 0 spiro atoms. The predicted octanol–water partition coefficient (Wildman–Crippen LogP) is 5.27. The van der Waals surface area contributed by atoms with Crippen LogP contribution >= 0.6 is 11.6 Å². The Kier molecular flexibility index (Phi) is 4.11. The van der Waals surface area contributed by atoms with Crippen molar-refractivity contribution in [3.63, 3.8) is 0 Å². The van der Waals surface area contributed by atoms with Gasteiger partial charge in [-0.05, 0) is 37.0 Å². The highest BCUT2D eigenvalue weighted by molar-refractivity contribution is 6.31. The second-order valence-electron chi connectivity index (χ2n) is 5.73. The monoisotopic (exact) mass is 288 g/mol. The number of hydrogen-bond donors (Lipinski definition) is 1. The molecule has 1 saturated carbocycles. The number of pyridine rings is 1. The van der Waals surface area contributed by atoms with E-state index >= 15 is 0 Å². The quantitative estimate of drug-likeness (QED) is 0.832. The first-order chi connectivity index (χ1) is 9.78. The lowest BCUT2D eigenvalue weighted by Crippen LogP contribution is -2.31. The van der Waals surface area contributed by atoms with E-state index in [0.29, 0.717) is 6.04 Å². The van der Waals surface area contributed by atoms with Crippen molar-refractivity contribution in [3.8, 4) is 0 Å². The topological polar surface area (TPSA) is 24.9 Å². The van der Waals surface area contributed by atoms with Crippen molar-refractivity contribution in [2.75, 3.05) is 5.32 Å². The van der Waals surface area contributed by atoms with E-state index in [0.717, 1.165) is 27.5 Å². The number of nitrogens with one attached hydrogen (secondary N) is 1. The number of halogens is 1. The van der Waals surface area contributed by atoms with Crippen LogP contribution in [-0.4, -0.2) is 11.0 Å². The van der Waals surface area contributed by atoms with Crippen molar-refractivity contribution in [2.45, 2.75) is 45.1 Å². The molecule has 1 heterocycles. The summed E-state index contributed by atoms with van der Waals surface area (Å²) in [6.07, 6.45) is 8.36. The van der Waals surface area contributed by atoms with E-state index < -0.39 is 0 Å². The van der Waals surface area contributed by atoms with Crippen molar-refractivity contribution in [1.29, 1.82) is 0 Å². The van der Waals surface area contributed by atoms with Crippen LogP contribution in [0.2, 0.25) is 5.02 Å². The maximum absolute atomic E-state index is 6.24. The average molecular weight is 289 g/mol. The Morgan fingerprint density at radius 1 is 1.30 bits per heavy atom. The van der Waals surface area contributed by atoms with Crippen molar-refractivity contribution < 1.29 is 0 Å². The zero-order valence-corrected chi connectivity index (χ0v) is 12.7. The van der Waals surface area contributed by atoms with E-state index in [1.54, 1.807) is 0 Å². The molecule has 2 atom stereocenters. The number of anilines is 1. The van der Waals surface area contributed by atoms with Gasteiger partial charge in [0.2, 0.25) is 0 Å². The third-order valence-electron chi connectivity index (χ3n) is 4.44. The number of rotatable bonds is 3. The molecule has 2 nitrogen and oxygen atoms in total. The summed E-state index contributed by atoms with van der Waals surface area (Å²) in [6.45, 7) is 2.29. The minimum Gasteiger partial charge on any atom is -0.380 e. The van der Waals surface area contributed by atoms with E-state index in [1.807, 2.05) is 24.4 Å². The first-order valence-electron chi connectivity index (χ1n) is 7.58. The first-order valence-corrected chi connectivity index (χ1v) is 7.96. The second kappa shape index (κ2) is 6.01. The molecule has 2 unspecified atom stereocenters. The first kappa shape index (κ1) is 13.7. The number of benzene rings is 1. The summed E-state index contributed by atoms with van der Waals surface area (Å²) in [5.74, 6) is 0.765. The van der Waals surface area contributed by atoms with Crippen LogP contribution in [0.4, 0.5) is 5.69 Å². The summed E-state index contributed by atoms with van der Waals surface area (Å²) in [5, 5.41) is 5.60. The molecule has 1 aliphatic carbocycles. The summed E-state index contributed by atoms with van der Waals surface area (Å²) < 4.78 is 0. The summed E-state index contributed by atoms with van der Waals surface area (Å²) >= 11 is 6.24. The van der Waals surface area contributed by atoms with Gasteiger partial charge in [-0.25, -0.2) is 0 Å². The third kappa shape index (κ3) is 2.76. The molecule has 0 bridgehead atoms. The zero-order chi connectivity index (χ0) is 13.9. The van der Waals surface area contributed by atoms with E-state index in [-0.39, 0.29) is 0 Å². The molecular weight excluding hydrogens is 268 g/mol. The number of hydrogen-bond acceptors (Lipinski definition) is 2. The standard InChI is InChI=1S/C17H21ClN2/c1-2-12-6-3-4-8-15(12)20-16-11-14(18)10-13-7-5-9-19-17(13)16/h5,7,9-12,15,20H,2-4,6,8H2,1H3. The van der Waals surface area contributed by atoms with Crippen LogP contribution in [-0.2, 0) is 0 Å². The van der Waals surface area contributed by atoms with E-state index in [1.165, 1.54) is 32.1 Å². The highest BCUT2D eigenvalue weighted by Crippen LogP contribution is 2.32. The van der Waals surface area contributed by atoms with Crippen LogP contribution in [0.25, 0.3) is 10.9 Å². The number of aromatic nitrogens is 1. The molecule has 0 amide bonds. The van der Waals surface area contributed by atoms with Crippen LogP contribution in [0, 0.1) is 5.92 Å². The Morgan fingerprint density at radius 3 is 3.00 bits per heavy atom. The van der Waals surface area contributed by atoms with Crippen LogP contribution in [0.1, 0.15) is 39.0 Å². The molecule has 0 saturated heterocycles. The van der Waals surface area contributed by atoms with Gasteiger partial charge in [-0.3, -0.25) is 4.98 Å². The highest BCUT2D eigenvalue weighted by atomic mass is 35.5. The summed E-state index contributed by atoms with van der Waals surface area (Å²) in [7, 11) is 0. The van der Waals surface area contributed by atoms with Crippen LogP contribution in [0.15, 0.2) is 30.5 Å². The molecule has 106 valence electrons. The van der Waals surface area contributed by atoms with Gasteiger partial charge in [0, 0.05) is 22.6 Å². The fourth-order valence-corrected chi connectivity index (χ4v) is 3.58. The molecule has 3 heteroatoms. The van der Waals surface area contributed by atoms with Gasteiger partial charge in [0.25, 0.3) is 0 Å². The van der Waals surface area contributed by atoms with Crippen LogP contribution in [0.3, 0.4) is 0 Å². The van der Waals surface area contributed by atoms with Gasteiger partial charge in [0.15, 0.2) is 0 Å². The lowest BCUT2D eigenvalue weighted by Gasteiger charge is -2.32. The Balaban J connectivity index is 1.93. The lowest BCUT2D eigenvalue weighted by molar-refractivity contribution is 0.317. The molecule has 1 fully saturated rings. The SMILES string of the molecule is CCC1CCCCC1Nc1cc(Cl)cc2cccnc12.